The predicted molar refractivity (Wildman–Crippen MR) is 82.0 cm³/mol. The van der Waals surface area contributed by atoms with Crippen LogP contribution >= 0.6 is 23.2 Å². The summed E-state index contributed by atoms with van der Waals surface area (Å²) in [4.78, 5) is 0. The Kier molecular flexibility index (Phi) is 6.00. The van der Waals surface area contributed by atoms with Crippen LogP contribution in [-0.4, -0.2) is 12.1 Å². The largest absolute Gasteiger partial charge is 0.491 e. The van der Waals surface area contributed by atoms with Gasteiger partial charge in [-0.1, -0.05) is 23.2 Å². The molecule has 0 saturated carbocycles. The summed E-state index contributed by atoms with van der Waals surface area (Å²) in [6.07, 6.45) is 5.76. The molecule has 0 aliphatic rings. The molecule has 1 aromatic carbocycles. The van der Waals surface area contributed by atoms with Gasteiger partial charge in [0.25, 0.3) is 0 Å². The van der Waals surface area contributed by atoms with Gasteiger partial charge in [0.15, 0.2) is 0 Å². The third-order valence-corrected chi connectivity index (χ3v) is 2.89. The first-order chi connectivity index (χ1) is 8.83. The zero-order chi connectivity index (χ0) is 14.5. The topological polar surface area (TPSA) is 21.3 Å². The van der Waals surface area contributed by atoms with Crippen LogP contribution < -0.4 is 10.1 Å². The van der Waals surface area contributed by atoms with Gasteiger partial charge >= 0.3 is 0 Å². The van der Waals surface area contributed by atoms with E-state index in [1.165, 1.54) is 0 Å². The molecule has 104 valence electrons. The molecule has 0 radical (unpaired) electrons. The molecule has 0 spiro atoms. The molecule has 1 aromatic rings. The van der Waals surface area contributed by atoms with Crippen molar-refractivity contribution in [2.45, 2.75) is 39.3 Å². The number of hydrogen-bond donors (Lipinski definition) is 1. The Morgan fingerprint density at radius 3 is 2.58 bits per heavy atom. The third-order valence-electron chi connectivity index (χ3n) is 2.39. The molecule has 0 atom stereocenters. The lowest BCUT2D eigenvalue weighted by molar-refractivity contribution is 0.320. The fourth-order valence-corrected chi connectivity index (χ4v) is 2.07. The molecule has 1 rings (SSSR count). The van der Waals surface area contributed by atoms with Crippen LogP contribution in [0.1, 0.15) is 32.8 Å². The quantitative estimate of drug-likeness (QED) is 0.647. The van der Waals surface area contributed by atoms with Crippen molar-refractivity contribution < 1.29 is 4.74 Å². The van der Waals surface area contributed by atoms with Gasteiger partial charge in [0.2, 0.25) is 0 Å². The van der Waals surface area contributed by atoms with Crippen LogP contribution in [0.3, 0.4) is 0 Å². The second kappa shape index (κ2) is 7.05. The van der Waals surface area contributed by atoms with E-state index in [0.29, 0.717) is 35.4 Å². The molecule has 2 nitrogen and oxygen atoms in total. The average Bonchev–Trinajstić information content (AvgIpc) is 2.28. The Hall–Kier alpha value is -0.880. The molecule has 4 heteroatoms. The SMILES string of the molecule is C#CCCOc1c(Cl)cc(Cl)cc1CNC(C)(C)C. The van der Waals surface area contributed by atoms with Gasteiger partial charge in [0.05, 0.1) is 11.6 Å². The van der Waals surface area contributed by atoms with E-state index < -0.39 is 0 Å². The first-order valence-electron chi connectivity index (χ1n) is 6.12. The summed E-state index contributed by atoms with van der Waals surface area (Å²) in [5.74, 6) is 3.19. The van der Waals surface area contributed by atoms with E-state index in [4.69, 9.17) is 34.4 Å². The zero-order valence-corrected chi connectivity index (χ0v) is 13.0. The van der Waals surface area contributed by atoms with Crippen LogP contribution in [0.25, 0.3) is 0 Å². The van der Waals surface area contributed by atoms with Gasteiger partial charge in [-0.15, -0.1) is 12.3 Å². The van der Waals surface area contributed by atoms with Crippen LogP contribution in [-0.2, 0) is 6.54 Å². The lowest BCUT2D eigenvalue weighted by Gasteiger charge is -2.22. The van der Waals surface area contributed by atoms with Gasteiger partial charge in [0, 0.05) is 29.1 Å². The van der Waals surface area contributed by atoms with E-state index in [-0.39, 0.29) is 5.54 Å². The van der Waals surface area contributed by atoms with E-state index in [1.54, 1.807) is 6.07 Å². The van der Waals surface area contributed by atoms with E-state index >= 15 is 0 Å². The van der Waals surface area contributed by atoms with E-state index in [1.807, 2.05) is 6.07 Å². The molecular weight excluding hydrogens is 281 g/mol. The Bertz CT molecular complexity index is 472. The van der Waals surface area contributed by atoms with E-state index in [0.717, 1.165) is 5.56 Å². The highest BCUT2D eigenvalue weighted by molar-refractivity contribution is 6.35. The monoisotopic (exact) mass is 299 g/mol. The average molecular weight is 300 g/mol. The highest BCUT2D eigenvalue weighted by Crippen LogP contribution is 2.32. The summed E-state index contributed by atoms with van der Waals surface area (Å²) in [5, 5.41) is 4.49. The van der Waals surface area contributed by atoms with Gasteiger partial charge in [0.1, 0.15) is 5.75 Å². The number of hydrogen-bond acceptors (Lipinski definition) is 2. The molecule has 0 aliphatic carbocycles. The van der Waals surface area contributed by atoms with Gasteiger partial charge in [-0.05, 0) is 32.9 Å². The molecule has 0 aromatic heterocycles. The van der Waals surface area contributed by atoms with Crippen LogP contribution in [0.4, 0.5) is 0 Å². The van der Waals surface area contributed by atoms with Crippen molar-refractivity contribution in [3.05, 3.63) is 27.7 Å². The van der Waals surface area contributed by atoms with Crippen LogP contribution in [0.5, 0.6) is 5.75 Å². The van der Waals surface area contributed by atoms with Crippen molar-refractivity contribution in [3.8, 4) is 18.1 Å². The smallest absolute Gasteiger partial charge is 0.142 e. The van der Waals surface area contributed by atoms with Crippen molar-refractivity contribution >= 4 is 23.2 Å². The van der Waals surface area contributed by atoms with Crippen LogP contribution in [0.2, 0.25) is 10.0 Å². The number of terminal acetylenes is 1. The number of ether oxygens (including phenoxy) is 1. The molecule has 0 unspecified atom stereocenters. The van der Waals surface area contributed by atoms with Crippen molar-refractivity contribution in [3.63, 3.8) is 0 Å². The Balaban J connectivity index is 2.90. The summed E-state index contributed by atoms with van der Waals surface area (Å²) in [5.41, 5.74) is 0.940. The van der Waals surface area contributed by atoms with Gasteiger partial charge in [-0.25, -0.2) is 0 Å². The molecule has 0 fully saturated rings. The maximum absolute atomic E-state index is 6.17. The number of nitrogens with one attached hydrogen (secondary N) is 1. The summed E-state index contributed by atoms with van der Waals surface area (Å²) >= 11 is 12.2. The molecule has 19 heavy (non-hydrogen) atoms. The number of halogens is 2. The maximum atomic E-state index is 6.17. The fourth-order valence-electron chi connectivity index (χ4n) is 1.48. The molecule has 1 N–H and O–H groups in total. The number of rotatable bonds is 5. The van der Waals surface area contributed by atoms with Crippen LogP contribution in [0, 0.1) is 12.3 Å². The second-order valence-corrected chi connectivity index (χ2v) is 6.13. The molecule has 0 heterocycles. The lowest BCUT2D eigenvalue weighted by Crippen LogP contribution is -2.35. The first kappa shape index (κ1) is 16.2. The van der Waals surface area contributed by atoms with Gasteiger partial charge in [-0.3, -0.25) is 0 Å². The number of benzene rings is 1. The zero-order valence-electron chi connectivity index (χ0n) is 11.5. The summed E-state index contributed by atoms with van der Waals surface area (Å²) < 4.78 is 5.66. The molecule has 0 bridgehead atoms. The minimum Gasteiger partial charge on any atom is -0.491 e. The van der Waals surface area contributed by atoms with Crippen LogP contribution in [0.15, 0.2) is 12.1 Å². The van der Waals surface area contributed by atoms with E-state index in [2.05, 4.69) is 32.0 Å². The fraction of sp³-hybridized carbons (Fsp3) is 0.467. The van der Waals surface area contributed by atoms with Crippen molar-refractivity contribution in [2.75, 3.05) is 6.61 Å². The van der Waals surface area contributed by atoms with E-state index in [9.17, 15) is 0 Å². The van der Waals surface area contributed by atoms with Gasteiger partial charge < -0.3 is 10.1 Å². The van der Waals surface area contributed by atoms with Crippen molar-refractivity contribution in [1.82, 2.24) is 5.32 Å². The second-order valence-electron chi connectivity index (χ2n) is 5.28. The van der Waals surface area contributed by atoms with Gasteiger partial charge in [-0.2, -0.15) is 0 Å². The molecule has 0 saturated heterocycles. The molecule has 0 aliphatic heterocycles. The standard InChI is InChI=1S/C15H19Cl2NO/c1-5-6-7-19-14-11(10-18-15(2,3)4)8-12(16)9-13(14)17/h1,8-9,18H,6-7,10H2,2-4H3. The Labute approximate surface area is 125 Å². The highest BCUT2D eigenvalue weighted by atomic mass is 35.5. The lowest BCUT2D eigenvalue weighted by atomic mass is 10.1. The first-order valence-corrected chi connectivity index (χ1v) is 6.88. The van der Waals surface area contributed by atoms with Crippen molar-refractivity contribution in [2.24, 2.45) is 0 Å². The minimum absolute atomic E-state index is 0.00484. The minimum atomic E-state index is 0.00484. The maximum Gasteiger partial charge on any atom is 0.142 e. The normalized spacial score (nSPS) is 11.2. The molecule has 0 amide bonds. The Morgan fingerprint density at radius 2 is 2.00 bits per heavy atom. The molecular formula is C15H19Cl2NO. The third kappa shape index (κ3) is 5.74. The summed E-state index contributed by atoms with van der Waals surface area (Å²) in [6, 6.07) is 3.53. The summed E-state index contributed by atoms with van der Waals surface area (Å²) in [6.45, 7) is 7.36. The Morgan fingerprint density at radius 1 is 1.32 bits per heavy atom. The summed E-state index contributed by atoms with van der Waals surface area (Å²) in [7, 11) is 0. The highest BCUT2D eigenvalue weighted by Gasteiger charge is 2.14. The predicted octanol–water partition coefficient (Wildman–Crippen LogP) is 4.28. The van der Waals surface area contributed by atoms with Crippen molar-refractivity contribution in [1.29, 1.82) is 0 Å².